The molecule has 1 fully saturated rings. The number of benzene rings is 1. The van der Waals surface area contributed by atoms with E-state index < -0.39 is 11.7 Å². The van der Waals surface area contributed by atoms with Gasteiger partial charge in [0, 0.05) is 10.9 Å². The number of hydrogen-bond donors (Lipinski definition) is 1. The molecule has 0 amide bonds. The maximum atomic E-state index is 12.7. The Hall–Kier alpha value is -1.69. The Balaban J connectivity index is 1.89. The van der Waals surface area contributed by atoms with E-state index >= 15 is 0 Å². The number of anilines is 2. The minimum Gasteiger partial charge on any atom is -0.397 e. The van der Waals surface area contributed by atoms with E-state index in [4.69, 9.17) is 5.73 Å². The molecule has 0 atom stereocenters. The fourth-order valence-electron chi connectivity index (χ4n) is 2.36. The molecule has 2 aromatic rings. The standard InChI is InChI=1S/C15H15F3N2S/c16-15(17,18)10-3-6-14(13(19)8-10)20(11-4-5-11)9-12-2-1-7-21-12/h1-3,6-8,11H,4-5,9,19H2. The third-order valence-electron chi connectivity index (χ3n) is 3.56. The first-order chi connectivity index (χ1) is 9.95. The van der Waals surface area contributed by atoms with Gasteiger partial charge in [0.2, 0.25) is 0 Å². The first-order valence-corrected chi connectivity index (χ1v) is 7.59. The fraction of sp³-hybridized carbons (Fsp3) is 0.333. The molecular formula is C15H15F3N2S. The highest BCUT2D eigenvalue weighted by atomic mass is 32.1. The molecule has 0 aliphatic heterocycles. The van der Waals surface area contributed by atoms with Crippen molar-refractivity contribution in [3.63, 3.8) is 0 Å². The van der Waals surface area contributed by atoms with Crippen LogP contribution in [0.2, 0.25) is 0 Å². The molecule has 0 spiro atoms. The van der Waals surface area contributed by atoms with Gasteiger partial charge in [-0.15, -0.1) is 11.3 Å². The zero-order valence-corrected chi connectivity index (χ0v) is 12.0. The molecule has 1 aromatic heterocycles. The van der Waals surface area contributed by atoms with Gasteiger partial charge in [-0.3, -0.25) is 0 Å². The van der Waals surface area contributed by atoms with Crippen LogP contribution in [0.4, 0.5) is 24.5 Å². The molecule has 3 rings (SSSR count). The van der Waals surface area contributed by atoms with Gasteiger partial charge in [0.1, 0.15) is 0 Å². The summed E-state index contributed by atoms with van der Waals surface area (Å²) < 4.78 is 38.1. The van der Waals surface area contributed by atoms with Crippen molar-refractivity contribution in [3.05, 3.63) is 46.2 Å². The van der Waals surface area contributed by atoms with Gasteiger partial charge in [-0.05, 0) is 42.5 Å². The lowest BCUT2D eigenvalue weighted by molar-refractivity contribution is -0.137. The second kappa shape index (κ2) is 5.26. The first kappa shape index (κ1) is 14.3. The monoisotopic (exact) mass is 312 g/mol. The Morgan fingerprint density at radius 1 is 1.24 bits per heavy atom. The average molecular weight is 312 g/mol. The lowest BCUT2D eigenvalue weighted by atomic mass is 10.1. The highest BCUT2D eigenvalue weighted by molar-refractivity contribution is 7.09. The summed E-state index contributed by atoms with van der Waals surface area (Å²) in [4.78, 5) is 3.29. The molecule has 1 heterocycles. The molecule has 1 saturated carbocycles. The van der Waals surface area contributed by atoms with Gasteiger partial charge >= 0.3 is 6.18 Å². The number of rotatable bonds is 4. The van der Waals surface area contributed by atoms with Crippen molar-refractivity contribution in [2.24, 2.45) is 0 Å². The van der Waals surface area contributed by atoms with E-state index in [0.717, 1.165) is 25.0 Å². The van der Waals surface area contributed by atoms with Crippen LogP contribution in [0.1, 0.15) is 23.3 Å². The van der Waals surface area contributed by atoms with Gasteiger partial charge in [-0.1, -0.05) is 6.07 Å². The van der Waals surface area contributed by atoms with Crippen molar-refractivity contribution in [1.29, 1.82) is 0 Å². The van der Waals surface area contributed by atoms with Crippen LogP contribution in [0, 0.1) is 0 Å². The van der Waals surface area contributed by atoms with Crippen LogP contribution in [-0.4, -0.2) is 6.04 Å². The normalized spacial score (nSPS) is 15.2. The van der Waals surface area contributed by atoms with Crippen molar-refractivity contribution in [2.75, 3.05) is 10.6 Å². The SMILES string of the molecule is Nc1cc(C(F)(F)F)ccc1N(Cc1cccs1)C1CC1. The summed E-state index contributed by atoms with van der Waals surface area (Å²) in [6.07, 6.45) is -2.23. The molecule has 2 nitrogen and oxygen atoms in total. The minimum atomic E-state index is -4.36. The van der Waals surface area contributed by atoms with Crippen molar-refractivity contribution >= 4 is 22.7 Å². The van der Waals surface area contributed by atoms with Crippen molar-refractivity contribution in [1.82, 2.24) is 0 Å². The second-order valence-electron chi connectivity index (χ2n) is 5.21. The second-order valence-corrected chi connectivity index (χ2v) is 6.24. The van der Waals surface area contributed by atoms with E-state index in [-0.39, 0.29) is 5.69 Å². The Labute approximate surface area is 125 Å². The number of nitrogen functional groups attached to an aromatic ring is 1. The summed E-state index contributed by atoms with van der Waals surface area (Å²) in [5, 5.41) is 2.00. The molecule has 1 aliphatic rings. The summed E-state index contributed by atoms with van der Waals surface area (Å²) in [5.74, 6) is 0. The van der Waals surface area contributed by atoms with Gasteiger partial charge in [-0.2, -0.15) is 13.2 Å². The van der Waals surface area contributed by atoms with Gasteiger partial charge in [0.05, 0.1) is 23.5 Å². The number of halogens is 3. The van der Waals surface area contributed by atoms with Crippen LogP contribution < -0.4 is 10.6 Å². The molecule has 0 unspecified atom stereocenters. The van der Waals surface area contributed by atoms with E-state index in [1.54, 1.807) is 11.3 Å². The van der Waals surface area contributed by atoms with Gasteiger partial charge in [-0.25, -0.2) is 0 Å². The molecule has 6 heteroatoms. The van der Waals surface area contributed by atoms with E-state index in [2.05, 4.69) is 4.90 Å². The number of alkyl halides is 3. The number of nitrogens with zero attached hydrogens (tertiary/aromatic N) is 1. The topological polar surface area (TPSA) is 29.3 Å². The van der Waals surface area contributed by atoms with Crippen LogP contribution in [0.3, 0.4) is 0 Å². The molecule has 0 radical (unpaired) electrons. The predicted molar refractivity (Wildman–Crippen MR) is 79.4 cm³/mol. The number of hydrogen-bond acceptors (Lipinski definition) is 3. The smallest absolute Gasteiger partial charge is 0.397 e. The predicted octanol–water partition coefficient (Wildman–Crippen LogP) is 4.52. The molecule has 2 N–H and O–H groups in total. The fourth-order valence-corrected chi connectivity index (χ4v) is 3.06. The number of thiophene rings is 1. The Kier molecular flexibility index (Phi) is 3.57. The van der Waals surface area contributed by atoms with Gasteiger partial charge < -0.3 is 10.6 Å². The minimum absolute atomic E-state index is 0.188. The zero-order valence-electron chi connectivity index (χ0n) is 11.2. The lowest BCUT2D eigenvalue weighted by Gasteiger charge is -2.26. The summed E-state index contributed by atoms with van der Waals surface area (Å²) in [7, 11) is 0. The van der Waals surface area contributed by atoms with Crippen molar-refractivity contribution in [2.45, 2.75) is 31.6 Å². The largest absolute Gasteiger partial charge is 0.416 e. The zero-order chi connectivity index (χ0) is 15.0. The highest BCUT2D eigenvalue weighted by Crippen LogP contribution is 2.39. The van der Waals surface area contributed by atoms with Gasteiger partial charge in [0.25, 0.3) is 0 Å². The third kappa shape index (κ3) is 3.15. The molecular weight excluding hydrogens is 297 g/mol. The summed E-state index contributed by atoms with van der Waals surface area (Å²) in [5.41, 5.74) is 6.06. The molecule has 0 saturated heterocycles. The van der Waals surface area contributed by atoms with Gasteiger partial charge in [0.15, 0.2) is 0 Å². The van der Waals surface area contributed by atoms with Crippen LogP contribution >= 0.6 is 11.3 Å². The van der Waals surface area contributed by atoms with E-state index in [1.165, 1.54) is 10.9 Å². The maximum absolute atomic E-state index is 12.7. The van der Waals surface area contributed by atoms with Crippen LogP contribution in [0.25, 0.3) is 0 Å². The Morgan fingerprint density at radius 2 is 2.00 bits per heavy atom. The van der Waals surface area contributed by atoms with Crippen LogP contribution in [0.15, 0.2) is 35.7 Å². The average Bonchev–Trinajstić information content (AvgIpc) is 3.13. The van der Waals surface area contributed by atoms with Crippen molar-refractivity contribution in [3.8, 4) is 0 Å². The van der Waals surface area contributed by atoms with Crippen LogP contribution in [-0.2, 0) is 12.7 Å². The quantitative estimate of drug-likeness (QED) is 0.841. The summed E-state index contributed by atoms with van der Waals surface area (Å²) >= 11 is 1.64. The molecule has 21 heavy (non-hydrogen) atoms. The highest BCUT2D eigenvalue weighted by Gasteiger charge is 2.33. The van der Waals surface area contributed by atoms with E-state index in [0.29, 0.717) is 18.3 Å². The Bertz CT molecular complexity index is 618. The molecule has 1 aromatic carbocycles. The first-order valence-electron chi connectivity index (χ1n) is 6.71. The molecule has 112 valence electrons. The summed E-state index contributed by atoms with van der Waals surface area (Å²) in [6.45, 7) is 0.692. The Morgan fingerprint density at radius 3 is 2.52 bits per heavy atom. The van der Waals surface area contributed by atoms with E-state index in [1.807, 2.05) is 17.5 Å². The molecule has 0 bridgehead atoms. The van der Waals surface area contributed by atoms with E-state index in [9.17, 15) is 13.2 Å². The lowest BCUT2D eigenvalue weighted by Crippen LogP contribution is -2.25. The van der Waals surface area contributed by atoms with Crippen molar-refractivity contribution < 1.29 is 13.2 Å². The number of nitrogens with two attached hydrogens (primary N) is 1. The third-order valence-corrected chi connectivity index (χ3v) is 4.42. The molecule has 1 aliphatic carbocycles. The van der Waals surface area contributed by atoms with Crippen LogP contribution in [0.5, 0.6) is 0 Å². The maximum Gasteiger partial charge on any atom is 0.416 e. The summed E-state index contributed by atoms with van der Waals surface area (Å²) in [6, 6.07) is 8.01.